The van der Waals surface area contributed by atoms with Gasteiger partial charge in [-0.2, -0.15) is 5.10 Å². The minimum Gasteiger partial charge on any atom is -0.305 e. The molecule has 0 aliphatic heterocycles. The second kappa shape index (κ2) is 7.29. The van der Waals surface area contributed by atoms with E-state index >= 15 is 0 Å². The lowest BCUT2D eigenvalue weighted by atomic mass is 10.0. The molecule has 0 fully saturated rings. The number of nitrogens with zero attached hydrogens (tertiary/aromatic N) is 1. The van der Waals surface area contributed by atoms with Crippen LogP contribution >= 0.6 is 11.6 Å². The normalized spacial score (nSPS) is 10.8. The van der Waals surface area contributed by atoms with Gasteiger partial charge in [-0.05, 0) is 54.4 Å². The number of rotatable bonds is 4. The van der Waals surface area contributed by atoms with Gasteiger partial charge in [-0.25, -0.2) is 0 Å². The lowest BCUT2D eigenvalue weighted by Crippen LogP contribution is -2.12. The second-order valence-corrected chi connectivity index (χ2v) is 6.87. The summed E-state index contributed by atoms with van der Waals surface area (Å²) in [4.78, 5) is 24.1. The van der Waals surface area contributed by atoms with E-state index in [1.54, 1.807) is 37.3 Å². The van der Waals surface area contributed by atoms with Gasteiger partial charge >= 0.3 is 0 Å². The average Bonchev–Trinajstić information content (AvgIpc) is 3.10. The molecule has 4 rings (SSSR count). The fourth-order valence-corrected chi connectivity index (χ4v) is 3.21. The molecule has 3 aromatic carbocycles. The van der Waals surface area contributed by atoms with Crippen molar-refractivity contribution in [3.05, 3.63) is 82.9 Å². The van der Waals surface area contributed by atoms with Crippen LogP contribution in [0.4, 0.5) is 5.82 Å². The Balaban J connectivity index is 1.64. The average molecular weight is 390 g/mol. The van der Waals surface area contributed by atoms with Gasteiger partial charge in [0.1, 0.15) is 0 Å². The summed E-state index contributed by atoms with van der Waals surface area (Å²) in [7, 11) is 0. The first-order valence-corrected chi connectivity index (χ1v) is 9.05. The van der Waals surface area contributed by atoms with Crippen molar-refractivity contribution in [2.24, 2.45) is 0 Å². The zero-order chi connectivity index (χ0) is 19.7. The number of carbonyl (C=O) groups is 2. The van der Waals surface area contributed by atoms with Crippen molar-refractivity contribution < 1.29 is 9.59 Å². The van der Waals surface area contributed by atoms with Crippen molar-refractivity contribution in [3.63, 3.8) is 0 Å². The number of benzene rings is 3. The third-order valence-corrected chi connectivity index (χ3v) is 4.72. The van der Waals surface area contributed by atoms with Gasteiger partial charge in [0.15, 0.2) is 11.6 Å². The smallest absolute Gasteiger partial charge is 0.256 e. The number of carbonyl (C=O) groups excluding carboxylic acids is 2. The number of halogens is 1. The number of aromatic nitrogens is 2. The predicted molar refractivity (Wildman–Crippen MR) is 111 cm³/mol. The number of Topliss-reactive ketones (excluding diaryl/α,β-unsaturated/α-hetero) is 1. The standard InChI is InChI=1S/C22H16ClN3O2/c1-13(27)14-4-2-5-15(10-14)16-8-9-19-20(12-16)25-26-21(19)24-22(28)17-6-3-7-18(23)11-17/h2-12H,1H3,(H2,24,25,26,28). The number of hydrogen-bond donors (Lipinski definition) is 2. The number of H-pyrrole nitrogens is 1. The van der Waals surface area contributed by atoms with Crippen LogP contribution in [-0.4, -0.2) is 21.9 Å². The summed E-state index contributed by atoms with van der Waals surface area (Å²) in [5, 5.41) is 11.3. The fraction of sp³-hybridized carbons (Fsp3) is 0.0455. The number of nitrogens with one attached hydrogen (secondary N) is 2. The lowest BCUT2D eigenvalue weighted by molar-refractivity contribution is 0.101. The number of aromatic amines is 1. The molecule has 5 nitrogen and oxygen atoms in total. The van der Waals surface area contributed by atoms with E-state index in [1.165, 1.54) is 0 Å². The molecule has 1 amide bonds. The van der Waals surface area contributed by atoms with Gasteiger partial charge in [0, 0.05) is 21.5 Å². The van der Waals surface area contributed by atoms with Gasteiger partial charge in [-0.1, -0.05) is 41.9 Å². The van der Waals surface area contributed by atoms with Gasteiger partial charge in [0.05, 0.1) is 5.52 Å². The molecule has 0 radical (unpaired) electrons. The first kappa shape index (κ1) is 17.9. The second-order valence-electron chi connectivity index (χ2n) is 6.43. The van der Waals surface area contributed by atoms with Crippen molar-refractivity contribution in [1.29, 1.82) is 0 Å². The van der Waals surface area contributed by atoms with Gasteiger partial charge in [0.25, 0.3) is 5.91 Å². The van der Waals surface area contributed by atoms with Gasteiger partial charge in [-0.15, -0.1) is 0 Å². The Morgan fingerprint density at radius 2 is 1.68 bits per heavy atom. The van der Waals surface area contributed by atoms with Crippen LogP contribution in [0.5, 0.6) is 0 Å². The lowest BCUT2D eigenvalue weighted by Gasteiger charge is -2.05. The molecule has 4 aromatic rings. The van der Waals surface area contributed by atoms with Crippen LogP contribution in [0.2, 0.25) is 5.02 Å². The van der Waals surface area contributed by atoms with E-state index in [-0.39, 0.29) is 11.7 Å². The molecule has 2 N–H and O–H groups in total. The van der Waals surface area contributed by atoms with E-state index in [9.17, 15) is 9.59 Å². The molecule has 0 bridgehead atoms. The highest BCUT2D eigenvalue weighted by atomic mass is 35.5. The zero-order valence-corrected chi connectivity index (χ0v) is 15.7. The molecule has 0 saturated heterocycles. The summed E-state index contributed by atoms with van der Waals surface area (Å²) in [6, 6.07) is 20.0. The van der Waals surface area contributed by atoms with Crippen molar-refractivity contribution >= 4 is 40.0 Å². The minimum atomic E-state index is -0.283. The molecule has 0 aliphatic carbocycles. The maximum atomic E-state index is 12.4. The summed E-state index contributed by atoms with van der Waals surface area (Å²) < 4.78 is 0. The van der Waals surface area contributed by atoms with Crippen LogP contribution in [-0.2, 0) is 0 Å². The van der Waals surface area contributed by atoms with E-state index in [2.05, 4.69) is 15.5 Å². The summed E-state index contributed by atoms with van der Waals surface area (Å²) >= 11 is 5.95. The Hall–Kier alpha value is -3.44. The van der Waals surface area contributed by atoms with Crippen LogP contribution in [0.1, 0.15) is 27.6 Å². The maximum Gasteiger partial charge on any atom is 0.256 e. The first-order valence-electron chi connectivity index (χ1n) is 8.68. The molecule has 0 atom stereocenters. The largest absolute Gasteiger partial charge is 0.305 e. The Morgan fingerprint density at radius 3 is 2.46 bits per heavy atom. The molecular formula is C22H16ClN3O2. The fourth-order valence-electron chi connectivity index (χ4n) is 3.02. The van der Waals surface area contributed by atoms with E-state index in [1.807, 2.05) is 36.4 Å². The molecule has 0 unspecified atom stereocenters. The zero-order valence-electron chi connectivity index (χ0n) is 15.0. The minimum absolute atomic E-state index is 0.0236. The van der Waals surface area contributed by atoms with Gasteiger partial charge in [0.2, 0.25) is 0 Å². The molecular weight excluding hydrogens is 374 g/mol. The summed E-state index contributed by atoms with van der Waals surface area (Å²) in [6.07, 6.45) is 0. The molecule has 1 aromatic heterocycles. The van der Waals surface area contributed by atoms with Gasteiger partial charge in [-0.3, -0.25) is 14.7 Å². The van der Waals surface area contributed by atoms with Crippen molar-refractivity contribution in [1.82, 2.24) is 10.2 Å². The highest BCUT2D eigenvalue weighted by molar-refractivity contribution is 6.31. The molecule has 1 heterocycles. The Bertz CT molecular complexity index is 1210. The van der Waals surface area contributed by atoms with Crippen molar-refractivity contribution in [3.8, 4) is 11.1 Å². The Morgan fingerprint density at radius 1 is 0.929 bits per heavy atom. The number of ketones is 1. The number of hydrogen-bond acceptors (Lipinski definition) is 3. The first-order chi connectivity index (χ1) is 13.5. The summed E-state index contributed by atoms with van der Waals surface area (Å²) in [6.45, 7) is 1.55. The molecule has 0 saturated carbocycles. The Labute approximate surface area is 166 Å². The number of fused-ring (bicyclic) bond motifs is 1. The molecule has 28 heavy (non-hydrogen) atoms. The third-order valence-electron chi connectivity index (χ3n) is 4.48. The van der Waals surface area contributed by atoms with Crippen LogP contribution in [0.15, 0.2) is 66.7 Å². The van der Waals surface area contributed by atoms with E-state index in [0.29, 0.717) is 22.0 Å². The van der Waals surface area contributed by atoms with Crippen LogP contribution in [0.3, 0.4) is 0 Å². The summed E-state index contributed by atoms with van der Waals surface area (Å²) in [5.41, 5.74) is 3.80. The monoisotopic (exact) mass is 389 g/mol. The van der Waals surface area contributed by atoms with Crippen LogP contribution < -0.4 is 5.32 Å². The van der Waals surface area contributed by atoms with E-state index in [4.69, 9.17) is 11.6 Å². The highest BCUT2D eigenvalue weighted by Gasteiger charge is 2.12. The molecule has 0 aliphatic rings. The van der Waals surface area contributed by atoms with Crippen LogP contribution in [0.25, 0.3) is 22.0 Å². The van der Waals surface area contributed by atoms with E-state index < -0.39 is 0 Å². The van der Waals surface area contributed by atoms with E-state index in [0.717, 1.165) is 22.0 Å². The topological polar surface area (TPSA) is 74.8 Å². The van der Waals surface area contributed by atoms with Crippen molar-refractivity contribution in [2.75, 3.05) is 5.32 Å². The SMILES string of the molecule is CC(=O)c1cccc(-c2ccc3c(NC(=O)c4cccc(Cl)c4)n[nH]c3c2)c1. The quantitative estimate of drug-likeness (QED) is 0.463. The number of anilines is 1. The molecule has 0 spiro atoms. The maximum absolute atomic E-state index is 12.4. The van der Waals surface area contributed by atoms with Gasteiger partial charge < -0.3 is 5.32 Å². The Kier molecular flexibility index (Phi) is 4.67. The molecule has 138 valence electrons. The predicted octanol–water partition coefficient (Wildman–Crippen LogP) is 5.34. The summed E-state index contributed by atoms with van der Waals surface area (Å²) in [5.74, 6) is 0.189. The highest BCUT2D eigenvalue weighted by Crippen LogP contribution is 2.28. The third kappa shape index (κ3) is 3.52. The molecule has 6 heteroatoms. The number of amides is 1. The van der Waals surface area contributed by atoms with Crippen molar-refractivity contribution in [2.45, 2.75) is 6.92 Å². The van der Waals surface area contributed by atoms with Crippen LogP contribution in [0, 0.1) is 0 Å².